The molecule has 0 saturated heterocycles. The lowest BCUT2D eigenvalue weighted by molar-refractivity contribution is -0.184. The molecule has 0 amide bonds. The highest BCUT2D eigenvalue weighted by Crippen LogP contribution is 2.27. The summed E-state index contributed by atoms with van der Waals surface area (Å²) in [7, 11) is 0. The fourth-order valence-electron chi connectivity index (χ4n) is 4.04. The van der Waals surface area contributed by atoms with Crippen LogP contribution in [0, 0.1) is 0 Å². The molecule has 0 aromatic carbocycles. The van der Waals surface area contributed by atoms with Gasteiger partial charge in [0.2, 0.25) is 3.79 Å². The Hall–Kier alpha value is -1.66. The van der Waals surface area contributed by atoms with Crippen LogP contribution in [0.5, 0.6) is 0 Å². The van der Waals surface area contributed by atoms with Gasteiger partial charge in [0, 0.05) is 19.3 Å². The maximum absolute atomic E-state index is 12.9. The van der Waals surface area contributed by atoms with E-state index in [2.05, 4.69) is 0 Å². The Kier molecular flexibility index (Phi) is 11.7. The first-order valence-corrected chi connectivity index (χ1v) is 13.8. The summed E-state index contributed by atoms with van der Waals surface area (Å²) >= 11 is 16.8. The van der Waals surface area contributed by atoms with Gasteiger partial charge in [0.25, 0.3) is 0 Å². The van der Waals surface area contributed by atoms with Crippen LogP contribution in [-0.4, -0.2) is 88.3 Å². The molecule has 1 N–H and O–H groups in total. The predicted octanol–water partition coefficient (Wildman–Crippen LogP) is 3.29. The average Bonchev–Trinajstić information content (AvgIpc) is 2.91. The van der Waals surface area contributed by atoms with E-state index in [0.717, 1.165) is 0 Å². The van der Waals surface area contributed by atoms with Crippen molar-refractivity contribution in [3.8, 4) is 0 Å². The van der Waals surface area contributed by atoms with Crippen molar-refractivity contribution < 1.29 is 47.9 Å². The van der Waals surface area contributed by atoms with Gasteiger partial charge in [-0.15, -0.1) is 0 Å². The fourth-order valence-corrected chi connectivity index (χ4v) is 4.21. The molecule has 3 heterocycles. The number of carbonyl (C=O) groups excluding carboxylic acids is 3. The summed E-state index contributed by atoms with van der Waals surface area (Å²) in [6, 6.07) is 0. The van der Waals surface area contributed by atoms with Crippen LogP contribution in [0.1, 0.15) is 40.0 Å². The van der Waals surface area contributed by atoms with E-state index in [9.17, 15) is 19.5 Å². The molecule has 3 aliphatic rings. The number of hydrogen-bond acceptors (Lipinski definition) is 10. The highest BCUT2D eigenvalue weighted by molar-refractivity contribution is 6.67. The monoisotopic (exact) mass is 610 g/mol. The summed E-state index contributed by atoms with van der Waals surface area (Å²) in [6.45, 7) is 4.42. The number of aliphatic hydroxyl groups excluding tert-OH is 1. The van der Waals surface area contributed by atoms with Gasteiger partial charge >= 0.3 is 17.9 Å². The van der Waals surface area contributed by atoms with Gasteiger partial charge in [-0.3, -0.25) is 0 Å². The first kappa shape index (κ1) is 31.9. The normalized spacial score (nSPS) is 31.2. The van der Waals surface area contributed by atoms with E-state index in [1.54, 1.807) is 57.2 Å². The maximum atomic E-state index is 12.9. The minimum absolute atomic E-state index is 0.256. The number of esters is 3. The molecule has 0 radical (unpaired) electrons. The molecule has 0 spiro atoms. The first-order valence-electron chi connectivity index (χ1n) is 12.6. The van der Waals surface area contributed by atoms with E-state index in [1.807, 2.05) is 0 Å². The maximum Gasteiger partial charge on any atom is 0.335 e. The molecular weight excluding hydrogens is 579 g/mol. The molecule has 0 bridgehead atoms. The molecule has 0 fully saturated rings. The summed E-state index contributed by atoms with van der Waals surface area (Å²) in [5, 5.41) is 9.73. The number of ether oxygens (including phenoxy) is 6. The summed E-state index contributed by atoms with van der Waals surface area (Å²) in [5.74, 6) is -1.91. The fraction of sp³-hybridized carbons (Fsp3) is 0.654. The van der Waals surface area contributed by atoms with Crippen molar-refractivity contribution in [2.75, 3.05) is 6.61 Å². The molecule has 0 aromatic heterocycles. The number of hydrogen-bond donors (Lipinski definition) is 1. The topological polar surface area (TPSA) is 127 Å². The summed E-state index contributed by atoms with van der Waals surface area (Å²) in [4.78, 5) is 37.7. The third-order valence-corrected chi connectivity index (χ3v) is 6.49. The molecular formula is C26H33Cl3O10. The standard InChI is InChI=1S/C26H33Cl3O10/c1-14(30)17-7-4-11-21(37-17)24(32)35-16(3)19-9-6-12-22(39-19)25(33)36-15(2)18-8-5-10-20(38-18)23(31)34-13-26(27,28)29/h4-9,14-22,30H,10-13H2,1-3H3/t14-,15-,16-,17+,18+,19+,20-,21-,22-/m1/s1. The second-order valence-electron chi connectivity index (χ2n) is 9.51. The Morgan fingerprint density at radius 3 is 1.56 bits per heavy atom. The zero-order chi connectivity index (χ0) is 28.7. The number of halogens is 3. The zero-order valence-corrected chi connectivity index (χ0v) is 24.0. The van der Waals surface area contributed by atoms with Crippen LogP contribution in [0.15, 0.2) is 36.5 Å². The molecule has 0 saturated carbocycles. The molecule has 10 nitrogen and oxygen atoms in total. The Bertz CT molecular complexity index is 960. The molecule has 39 heavy (non-hydrogen) atoms. The Morgan fingerprint density at radius 2 is 1.15 bits per heavy atom. The molecule has 218 valence electrons. The Labute approximate surface area is 242 Å². The van der Waals surface area contributed by atoms with Gasteiger partial charge in [0.15, 0.2) is 18.3 Å². The molecule has 0 aliphatic carbocycles. The quantitative estimate of drug-likeness (QED) is 0.180. The lowest BCUT2D eigenvalue weighted by atomic mass is 10.1. The van der Waals surface area contributed by atoms with Gasteiger partial charge in [-0.1, -0.05) is 71.3 Å². The number of aliphatic hydroxyl groups is 1. The third kappa shape index (κ3) is 9.74. The van der Waals surface area contributed by atoms with Crippen LogP contribution in [0.3, 0.4) is 0 Å². The van der Waals surface area contributed by atoms with Crippen molar-refractivity contribution in [2.45, 2.75) is 98.8 Å². The molecule has 9 atom stereocenters. The van der Waals surface area contributed by atoms with Crippen LogP contribution in [0.2, 0.25) is 0 Å². The van der Waals surface area contributed by atoms with E-state index in [-0.39, 0.29) is 12.8 Å². The Balaban J connectivity index is 1.48. The van der Waals surface area contributed by atoms with Crippen LogP contribution in [0.25, 0.3) is 0 Å². The molecule has 3 rings (SSSR count). The third-order valence-electron chi connectivity index (χ3n) is 6.16. The zero-order valence-electron chi connectivity index (χ0n) is 21.7. The van der Waals surface area contributed by atoms with Crippen molar-refractivity contribution in [1.82, 2.24) is 0 Å². The van der Waals surface area contributed by atoms with Gasteiger partial charge in [-0.05, 0) is 20.8 Å². The van der Waals surface area contributed by atoms with Gasteiger partial charge in [0.05, 0.1) is 6.10 Å². The molecule has 13 heteroatoms. The van der Waals surface area contributed by atoms with Crippen molar-refractivity contribution in [3.05, 3.63) is 36.5 Å². The minimum Gasteiger partial charge on any atom is -0.459 e. The van der Waals surface area contributed by atoms with Gasteiger partial charge in [-0.2, -0.15) is 0 Å². The summed E-state index contributed by atoms with van der Waals surface area (Å²) in [6.07, 6.45) is 4.24. The second-order valence-corrected chi connectivity index (χ2v) is 12.0. The lowest BCUT2D eigenvalue weighted by Crippen LogP contribution is -2.44. The summed E-state index contributed by atoms with van der Waals surface area (Å²) in [5.41, 5.74) is 0. The second kappa shape index (κ2) is 14.3. The molecule has 0 unspecified atom stereocenters. The summed E-state index contributed by atoms with van der Waals surface area (Å²) < 4.78 is 31.5. The van der Waals surface area contributed by atoms with E-state index in [4.69, 9.17) is 63.2 Å². The minimum atomic E-state index is -1.74. The van der Waals surface area contributed by atoms with Gasteiger partial charge in [-0.25, -0.2) is 14.4 Å². The SMILES string of the molecule is C[C@@H](O)[C@@H]1C=CC[C@H](C(=O)O[C@H](C)[C@@H]2C=CC[C@H](C(=O)O[C@H](C)[C@@H]3C=CC[C@H](C(=O)OCC(Cl)(Cl)Cl)O3)O2)O1. The molecule has 0 aromatic rings. The highest BCUT2D eigenvalue weighted by atomic mass is 35.6. The van der Waals surface area contributed by atoms with Crippen molar-refractivity contribution in [1.29, 1.82) is 0 Å². The lowest BCUT2D eigenvalue weighted by Gasteiger charge is -2.32. The predicted molar refractivity (Wildman–Crippen MR) is 141 cm³/mol. The van der Waals surface area contributed by atoms with Crippen molar-refractivity contribution in [3.63, 3.8) is 0 Å². The number of carbonyl (C=O) groups is 3. The van der Waals surface area contributed by atoms with Gasteiger partial charge in [0.1, 0.15) is 37.1 Å². The van der Waals surface area contributed by atoms with Crippen molar-refractivity contribution >= 4 is 52.7 Å². The van der Waals surface area contributed by atoms with Crippen LogP contribution in [0.4, 0.5) is 0 Å². The van der Waals surface area contributed by atoms with E-state index < -0.39 is 83.2 Å². The van der Waals surface area contributed by atoms with E-state index in [0.29, 0.717) is 6.42 Å². The first-order chi connectivity index (χ1) is 18.3. The largest absolute Gasteiger partial charge is 0.459 e. The number of rotatable bonds is 9. The van der Waals surface area contributed by atoms with E-state index >= 15 is 0 Å². The molecule has 3 aliphatic heterocycles. The van der Waals surface area contributed by atoms with E-state index in [1.165, 1.54) is 0 Å². The van der Waals surface area contributed by atoms with Crippen LogP contribution >= 0.6 is 34.8 Å². The number of alkyl halides is 3. The smallest absolute Gasteiger partial charge is 0.335 e. The van der Waals surface area contributed by atoms with Crippen LogP contribution in [-0.2, 0) is 42.8 Å². The average molecular weight is 612 g/mol. The van der Waals surface area contributed by atoms with Crippen molar-refractivity contribution in [2.24, 2.45) is 0 Å². The van der Waals surface area contributed by atoms with Gasteiger partial charge < -0.3 is 33.5 Å². The van der Waals surface area contributed by atoms with Crippen LogP contribution < -0.4 is 0 Å². The highest BCUT2D eigenvalue weighted by Gasteiger charge is 2.36. The Morgan fingerprint density at radius 1 is 0.769 bits per heavy atom.